The number of hydrogen-bond acceptors (Lipinski definition) is 5. The Kier molecular flexibility index (Phi) is 7.19. The second-order valence-corrected chi connectivity index (χ2v) is 8.60. The summed E-state index contributed by atoms with van der Waals surface area (Å²) in [7, 11) is 0. The van der Waals surface area contributed by atoms with E-state index in [1.165, 1.54) is 29.0 Å². The van der Waals surface area contributed by atoms with Crippen molar-refractivity contribution < 1.29 is 4.74 Å². The number of unbranched alkanes of at least 4 members (excludes halogenated alkanes) is 1. The molecular weight excluding hydrogens is 406 g/mol. The number of rotatable bonds is 12. The zero-order valence-electron chi connectivity index (χ0n) is 18.6. The summed E-state index contributed by atoms with van der Waals surface area (Å²) in [6.07, 6.45) is 9.51. The van der Waals surface area contributed by atoms with Gasteiger partial charge in [0.05, 0.1) is 18.5 Å². The summed E-state index contributed by atoms with van der Waals surface area (Å²) in [6, 6.07) is 9.80. The van der Waals surface area contributed by atoms with Gasteiger partial charge in [-0.3, -0.25) is 9.78 Å². The summed E-state index contributed by atoms with van der Waals surface area (Å²) < 4.78 is 9.49. The molecule has 4 rings (SSSR count). The topological polar surface area (TPSA) is 94.8 Å². The highest BCUT2D eigenvalue weighted by molar-refractivity contribution is 5.31. The number of aromatic nitrogens is 5. The maximum atomic E-state index is 11.8. The van der Waals surface area contributed by atoms with Crippen molar-refractivity contribution in [1.82, 2.24) is 24.5 Å². The molecule has 3 aromatic rings. The molecule has 1 atom stereocenters. The maximum Gasteiger partial charge on any atom is 0.328 e. The number of nitrogens with one attached hydrogen (secondary N) is 1. The van der Waals surface area contributed by atoms with E-state index in [1.54, 1.807) is 6.20 Å². The third-order valence-electron chi connectivity index (χ3n) is 6.07. The van der Waals surface area contributed by atoms with E-state index in [-0.39, 0.29) is 11.2 Å². The van der Waals surface area contributed by atoms with Crippen LogP contribution in [0.3, 0.4) is 0 Å². The fourth-order valence-corrected chi connectivity index (χ4v) is 3.87. The van der Waals surface area contributed by atoms with Crippen molar-refractivity contribution in [2.45, 2.75) is 64.5 Å². The Hall–Kier alpha value is -3.16. The maximum absolute atomic E-state index is 11.8. The first-order valence-corrected chi connectivity index (χ1v) is 11.5. The lowest BCUT2D eigenvalue weighted by Crippen LogP contribution is -2.28. The molecule has 8 nitrogen and oxygen atoms in total. The summed E-state index contributed by atoms with van der Waals surface area (Å²) in [4.78, 5) is 25.2. The molecule has 2 heterocycles. The van der Waals surface area contributed by atoms with E-state index in [0.29, 0.717) is 12.5 Å². The number of nitrogens with zero attached hydrogens (tertiary/aromatic N) is 4. The van der Waals surface area contributed by atoms with Crippen LogP contribution in [0, 0.1) is 5.92 Å². The third-order valence-corrected chi connectivity index (χ3v) is 6.07. The van der Waals surface area contributed by atoms with Crippen LogP contribution < -0.4 is 16.0 Å². The average Bonchev–Trinajstić information content (AvgIpc) is 3.53. The molecule has 8 heteroatoms. The van der Waals surface area contributed by atoms with Gasteiger partial charge in [0.1, 0.15) is 5.75 Å². The van der Waals surface area contributed by atoms with Crippen molar-refractivity contribution in [3.05, 3.63) is 74.8 Å². The normalized spacial score (nSPS) is 14.4. The van der Waals surface area contributed by atoms with Crippen LogP contribution in [0.4, 0.5) is 0 Å². The number of benzene rings is 1. The standard InChI is InChI=1S/C24H31N5O3/c1-2-19(20-6-5-8-22(14-20)32-17-18-9-10-18)16-29-21(15-25-27-29)7-3-4-12-28-13-11-23(30)26-24(28)31/h5-6,8,11,13-15,18-19H,2-4,7,9-10,12,16-17H2,1H3,(H,26,30,31)/t19-/m0/s1. The van der Waals surface area contributed by atoms with Gasteiger partial charge in [-0.2, -0.15) is 0 Å². The minimum Gasteiger partial charge on any atom is -0.493 e. The van der Waals surface area contributed by atoms with Crippen LogP contribution in [-0.2, 0) is 19.5 Å². The minimum atomic E-state index is -0.369. The number of aromatic amines is 1. The lowest BCUT2D eigenvalue weighted by Gasteiger charge is -2.18. The zero-order valence-corrected chi connectivity index (χ0v) is 18.6. The Balaban J connectivity index is 1.32. The summed E-state index contributed by atoms with van der Waals surface area (Å²) in [5.41, 5.74) is 1.63. The first kappa shape index (κ1) is 22.0. The highest BCUT2D eigenvalue weighted by atomic mass is 16.5. The molecule has 0 spiro atoms. The first-order chi connectivity index (χ1) is 15.6. The molecule has 0 unspecified atom stereocenters. The summed E-state index contributed by atoms with van der Waals surface area (Å²) >= 11 is 0. The molecule has 0 saturated heterocycles. The number of aryl methyl sites for hydroxylation is 2. The molecule has 1 aliphatic carbocycles. The summed E-state index contributed by atoms with van der Waals surface area (Å²) in [6.45, 7) is 4.36. The smallest absolute Gasteiger partial charge is 0.328 e. The van der Waals surface area contributed by atoms with Gasteiger partial charge in [0.15, 0.2) is 0 Å². The van der Waals surface area contributed by atoms with Gasteiger partial charge in [-0.15, -0.1) is 5.10 Å². The predicted molar refractivity (Wildman–Crippen MR) is 122 cm³/mol. The molecule has 1 saturated carbocycles. The van der Waals surface area contributed by atoms with Crippen LogP contribution in [-0.4, -0.2) is 31.2 Å². The van der Waals surface area contributed by atoms with Crippen LogP contribution in [0.2, 0.25) is 0 Å². The van der Waals surface area contributed by atoms with Crippen molar-refractivity contribution in [2.75, 3.05) is 6.61 Å². The Morgan fingerprint density at radius 3 is 2.88 bits per heavy atom. The van der Waals surface area contributed by atoms with E-state index >= 15 is 0 Å². The fraction of sp³-hybridized carbons (Fsp3) is 0.500. The summed E-state index contributed by atoms with van der Waals surface area (Å²) in [5, 5.41) is 8.45. The molecule has 1 N–H and O–H groups in total. The van der Waals surface area contributed by atoms with Crippen LogP contribution in [0.5, 0.6) is 5.75 Å². The SMILES string of the molecule is CC[C@@H](Cn1nncc1CCCCn1ccc(=O)[nH]c1=O)c1cccc(OCC2CC2)c1. The molecule has 2 aromatic heterocycles. The molecule has 1 aromatic carbocycles. The molecule has 0 aliphatic heterocycles. The Morgan fingerprint density at radius 2 is 2.09 bits per heavy atom. The van der Waals surface area contributed by atoms with E-state index in [1.807, 2.05) is 16.9 Å². The molecular formula is C24H31N5O3. The van der Waals surface area contributed by atoms with Crippen molar-refractivity contribution in [3.63, 3.8) is 0 Å². The monoisotopic (exact) mass is 437 g/mol. The first-order valence-electron chi connectivity index (χ1n) is 11.5. The minimum absolute atomic E-state index is 0.333. The third kappa shape index (κ3) is 5.96. The van der Waals surface area contributed by atoms with Gasteiger partial charge in [0, 0.05) is 31.3 Å². The quantitative estimate of drug-likeness (QED) is 0.439. The van der Waals surface area contributed by atoms with Gasteiger partial charge in [0.25, 0.3) is 5.56 Å². The van der Waals surface area contributed by atoms with Gasteiger partial charge in [0.2, 0.25) is 0 Å². The Bertz CT molecular complexity index is 1130. The molecule has 1 fully saturated rings. The van der Waals surface area contributed by atoms with Crippen molar-refractivity contribution in [1.29, 1.82) is 0 Å². The number of H-pyrrole nitrogens is 1. The highest BCUT2D eigenvalue weighted by Gasteiger charge is 2.22. The zero-order chi connectivity index (χ0) is 22.3. The fourth-order valence-electron chi connectivity index (χ4n) is 3.87. The molecule has 32 heavy (non-hydrogen) atoms. The second kappa shape index (κ2) is 10.4. The van der Waals surface area contributed by atoms with Gasteiger partial charge in [-0.25, -0.2) is 9.48 Å². The predicted octanol–water partition coefficient (Wildman–Crippen LogP) is 3.13. The van der Waals surface area contributed by atoms with Crippen molar-refractivity contribution >= 4 is 0 Å². The van der Waals surface area contributed by atoms with E-state index in [2.05, 4.69) is 40.4 Å². The van der Waals surface area contributed by atoms with Crippen LogP contribution in [0.15, 0.2) is 52.3 Å². The molecule has 0 amide bonds. The molecule has 0 bridgehead atoms. The van der Waals surface area contributed by atoms with Gasteiger partial charge < -0.3 is 9.30 Å². The van der Waals surface area contributed by atoms with Crippen molar-refractivity contribution in [3.8, 4) is 5.75 Å². The lowest BCUT2D eigenvalue weighted by atomic mass is 9.96. The van der Waals surface area contributed by atoms with Gasteiger partial charge >= 0.3 is 5.69 Å². The van der Waals surface area contributed by atoms with Crippen molar-refractivity contribution in [2.24, 2.45) is 5.92 Å². The van der Waals surface area contributed by atoms with Gasteiger partial charge in [-0.1, -0.05) is 24.3 Å². The van der Waals surface area contributed by atoms with E-state index < -0.39 is 0 Å². The second-order valence-electron chi connectivity index (χ2n) is 8.60. The molecule has 0 radical (unpaired) electrons. The Labute approximate surface area is 187 Å². The number of ether oxygens (including phenoxy) is 1. The number of hydrogen-bond donors (Lipinski definition) is 1. The largest absolute Gasteiger partial charge is 0.493 e. The average molecular weight is 438 g/mol. The van der Waals surface area contributed by atoms with Gasteiger partial charge in [-0.05, 0) is 62.1 Å². The van der Waals surface area contributed by atoms with Crippen LogP contribution in [0.25, 0.3) is 0 Å². The van der Waals surface area contributed by atoms with Crippen LogP contribution in [0.1, 0.15) is 56.2 Å². The lowest BCUT2D eigenvalue weighted by molar-refractivity contribution is 0.299. The van der Waals surface area contributed by atoms with E-state index in [4.69, 9.17) is 4.74 Å². The van der Waals surface area contributed by atoms with Crippen LogP contribution >= 0.6 is 0 Å². The summed E-state index contributed by atoms with van der Waals surface area (Å²) in [5.74, 6) is 2.02. The molecule has 170 valence electrons. The Morgan fingerprint density at radius 1 is 1.22 bits per heavy atom. The van der Waals surface area contributed by atoms with E-state index in [9.17, 15) is 9.59 Å². The molecule has 1 aliphatic rings. The van der Waals surface area contributed by atoms with E-state index in [0.717, 1.165) is 56.2 Å². The highest BCUT2D eigenvalue weighted by Crippen LogP contribution is 2.31.